The normalized spacial score (nSPS) is 12.0. The summed E-state index contributed by atoms with van der Waals surface area (Å²) in [6.45, 7) is 6.42. The number of benzene rings is 4. The minimum atomic E-state index is 0.725. The molecule has 0 atom stereocenters. The number of fused-ring (bicyclic) bond motifs is 3. The first-order chi connectivity index (χ1) is 17.5. The molecule has 0 aliphatic rings. The van der Waals surface area contributed by atoms with Crippen molar-refractivity contribution < 1.29 is 0 Å². The Kier molecular flexibility index (Phi) is 6.22. The number of anilines is 2. The summed E-state index contributed by atoms with van der Waals surface area (Å²) in [5.41, 5.74) is 15.8. The van der Waals surface area contributed by atoms with Crippen LogP contribution in [0, 0.1) is 0 Å². The van der Waals surface area contributed by atoms with Gasteiger partial charge in [-0.25, -0.2) is 0 Å². The fourth-order valence-corrected chi connectivity index (χ4v) is 4.78. The van der Waals surface area contributed by atoms with Crippen LogP contribution in [0.3, 0.4) is 0 Å². The van der Waals surface area contributed by atoms with Gasteiger partial charge in [0.25, 0.3) is 0 Å². The first kappa shape index (κ1) is 23.3. The highest BCUT2D eigenvalue weighted by Gasteiger charge is 2.13. The lowest BCUT2D eigenvalue weighted by Crippen LogP contribution is -2.09. The van der Waals surface area contributed by atoms with Crippen molar-refractivity contribution in [3.8, 4) is 5.69 Å². The first-order valence-electron chi connectivity index (χ1n) is 12.2. The number of nitrogen functional groups attached to an aromatic ring is 1. The largest absolute Gasteiger partial charge is 0.398 e. The lowest BCUT2D eigenvalue weighted by atomic mass is 9.97. The van der Waals surface area contributed by atoms with Gasteiger partial charge in [0.2, 0.25) is 0 Å². The maximum Gasteiger partial charge on any atom is 0.0541 e. The third-order valence-corrected chi connectivity index (χ3v) is 6.60. The van der Waals surface area contributed by atoms with Gasteiger partial charge < -0.3 is 15.2 Å². The molecule has 0 spiro atoms. The monoisotopic (exact) mass is 469 g/mol. The van der Waals surface area contributed by atoms with Crippen LogP contribution in [0.5, 0.6) is 0 Å². The molecule has 1 heterocycles. The maximum absolute atomic E-state index is 6.34. The van der Waals surface area contributed by atoms with Crippen LogP contribution in [0.15, 0.2) is 116 Å². The van der Waals surface area contributed by atoms with Crippen molar-refractivity contribution in [3.63, 3.8) is 0 Å². The molecule has 178 valence electrons. The van der Waals surface area contributed by atoms with E-state index >= 15 is 0 Å². The second-order valence-electron chi connectivity index (χ2n) is 9.21. The first-order valence-corrected chi connectivity index (χ1v) is 12.2. The molecule has 0 aliphatic heterocycles. The predicted molar refractivity (Wildman–Crippen MR) is 158 cm³/mol. The summed E-state index contributed by atoms with van der Waals surface area (Å²) in [6.07, 6.45) is 6.33. The quantitative estimate of drug-likeness (QED) is 0.201. The Morgan fingerprint density at radius 2 is 1.56 bits per heavy atom. The van der Waals surface area contributed by atoms with Gasteiger partial charge >= 0.3 is 0 Å². The topological polar surface area (TPSA) is 34.2 Å². The van der Waals surface area contributed by atoms with E-state index in [0.29, 0.717) is 0 Å². The molecule has 0 amide bonds. The Bertz CT molecular complexity index is 1630. The highest BCUT2D eigenvalue weighted by atomic mass is 15.1. The van der Waals surface area contributed by atoms with Crippen molar-refractivity contribution in [2.45, 2.75) is 6.92 Å². The number of rotatable bonds is 6. The van der Waals surface area contributed by atoms with Crippen molar-refractivity contribution in [1.29, 1.82) is 0 Å². The van der Waals surface area contributed by atoms with E-state index in [-0.39, 0.29) is 0 Å². The minimum Gasteiger partial charge on any atom is -0.398 e. The van der Waals surface area contributed by atoms with Crippen molar-refractivity contribution in [2.24, 2.45) is 0 Å². The number of hydrogen-bond acceptors (Lipinski definition) is 2. The number of aromatic nitrogens is 1. The smallest absolute Gasteiger partial charge is 0.0541 e. The molecule has 0 bridgehead atoms. The van der Waals surface area contributed by atoms with Crippen molar-refractivity contribution >= 4 is 44.3 Å². The fourth-order valence-electron chi connectivity index (χ4n) is 4.78. The van der Waals surface area contributed by atoms with Crippen LogP contribution in [0.4, 0.5) is 11.4 Å². The number of allylic oxidation sites excluding steroid dienone is 5. The second-order valence-corrected chi connectivity index (χ2v) is 9.21. The van der Waals surface area contributed by atoms with E-state index in [9.17, 15) is 0 Å². The Morgan fingerprint density at radius 1 is 0.833 bits per heavy atom. The van der Waals surface area contributed by atoms with Crippen LogP contribution in [0.2, 0.25) is 0 Å². The van der Waals surface area contributed by atoms with Gasteiger partial charge in [-0.15, -0.1) is 0 Å². The van der Waals surface area contributed by atoms with Crippen LogP contribution < -0.4 is 10.6 Å². The third kappa shape index (κ3) is 4.20. The van der Waals surface area contributed by atoms with E-state index in [1.807, 2.05) is 33.2 Å². The molecular formula is C33H31N3. The molecule has 0 radical (unpaired) electrons. The summed E-state index contributed by atoms with van der Waals surface area (Å²) < 4.78 is 2.33. The number of para-hydroxylation sites is 2. The average Bonchev–Trinajstić information content (AvgIpc) is 3.22. The summed E-state index contributed by atoms with van der Waals surface area (Å²) >= 11 is 0. The predicted octanol–water partition coefficient (Wildman–Crippen LogP) is 8.10. The Hall–Kier alpha value is -4.50. The van der Waals surface area contributed by atoms with Gasteiger partial charge in [-0.05, 0) is 78.2 Å². The fraction of sp³-hybridized carbons (Fsp3) is 0.0909. The Morgan fingerprint density at radius 3 is 2.31 bits per heavy atom. The summed E-state index contributed by atoms with van der Waals surface area (Å²) in [5, 5.41) is 2.46. The zero-order chi connectivity index (χ0) is 25.2. The molecular weight excluding hydrogens is 438 g/mol. The third-order valence-electron chi connectivity index (χ3n) is 6.60. The van der Waals surface area contributed by atoms with Crippen LogP contribution in [0.25, 0.3) is 38.6 Å². The molecule has 0 aliphatic carbocycles. The molecule has 3 heteroatoms. The van der Waals surface area contributed by atoms with Crippen LogP contribution in [-0.2, 0) is 0 Å². The number of hydrogen-bond donors (Lipinski definition) is 1. The van der Waals surface area contributed by atoms with Gasteiger partial charge in [0.15, 0.2) is 0 Å². The van der Waals surface area contributed by atoms with Crippen LogP contribution in [-0.4, -0.2) is 18.7 Å². The lowest BCUT2D eigenvalue weighted by Gasteiger charge is -2.16. The molecule has 3 nitrogen and oxygen atoms in total. The van der Waals surface area contributed by atoms with Crippen molar-refractivity contribution in [3.05, 3.63) is 127 Å². The summed E-state index contributed by atoms with van der Waals surface area (Å²) in [4.78, 5) is 2.07. The van der Waals surface area contributed by atoms with Gasteiger partial charge in [0.1, 0.15) is 0 Å². The summed E-state index contributed by atoms with van der Waals surface area (Å²) in [6, 6.07) is 31.9. The van der Waals surface area contributed by atoms with E-state index in [2.05, 4.69) is 113 Å². The van der Waals surface area contributed by atoms with Crippen molar-refractivity contribution in [2.75, 3.05) is 24.7 Å². The van der Waals surface area contributed by atoms with Gasteiger partial charge in [0, 0.05) is 47.5 Å². The highest BCUT2D eigenvalue weighted by Crippen LogP contribution is 2.35. The molecule has 5 rings (SSSR count). The number of nitrogens with zero attached hydrogens (tertiary/aromatic N) is 2. The summed E-state index contributed by atoms with van der Waals surface area (Å²) in [7, 11) is 4.06. The highest BCUT2D eigenvalue weighted by molar-refractivity contribution is 6.10. The maximum atomic E-state index is 6.34. The van der Waals surface area contributed by atoms with E-state index in [4.69, 9.17) is 5.73 Å². The molecule has 36 heavy (non-hydrogen) atoms. The van der Waals surface area contributed by atoms with Crippen LogP contribution >= 0.6 is 0 Å². The SMILES string of the molecule is C=C(/C=C(\C=CC)c1ccc2c(c1)c1ccccc1n2-c1ccccc1)c1cc(N(C)C)ccc1N. The minimum absolute atomic E-state index is 0.725. The van der Waals surface area contributed by atoms with E-state index in [1.54, 1.807) is 0 Å². The van der Waals surface area contributed by atoms with Crippen molar-refractivity contribution in [1.82, 2.24) is 4.57 Å². The second kappa shape index (κ2) is 9.63. The zero-order valence-corrected chi connectivity index (χ0v) is 21.1. The van der Waals surface area contributed by atoms with Crippen LogP contribution in [0.1, 0.15) is 18.1 Å². The molecule has 1 aromatic heterocycles. The Labute approximate surface area is 213 Å². The average molecular weight is 470 g/mol. The van der Waals surface area contributed by atoms with Gasteiger partial charge in [-0.2, -0.15) is 0 Å². The van der Waals surface area contributed by atoms with E-state index in [1.165, 1.54) is 21.8 Å². The molecule has 0 saturated heterocycles. The molecule has 0 fully saturated rings. The molecule has 2 N–H and O–H groups in total. The van der Waals surface area contributed by atoms with E-state index in [0.717, 1.165) is 39.3 Å². The Balaban J connectivity index is 1.66. The van der Waals surface area contributed by atoms with E-state index < -0.39 is 0 Å². The standard InChI is InChI=1S/C33H31N3/c1-5-11-24(20-23(2)29-22-27(35(3)4)17-18-31(29)34)25-16-19-33-30(21-25)28-14-9-10-15-32(28)36(33)26-12-7-6-8-13-26/h5-22H,2,34H2,1,3-4H3/b11-5?,24-20+. The zero-order valence-electron chi connectivity index (χ0n) is 21.1. The number of nitrogens with two attached hydrogens (primary N) is 1. The lowest BCUT2D eigenvalue weighted by molar-refractivity contribution is 1.13. The molecule has 0 unspecified atom stereocenters. The molecule has 5 aromatic rings. The molecule has 4 aromatic carbocycles. The van der Waals surface area contributed by atoms with Gasteiger partial charge in [0.05, 0.1) is 11.0 Å². The van der Waals surface area contributed by atoms with Gasteiger partial charge in [-0.1, -0.05) is 61.2 Å². The summed E-state index contributed by atoms with van der Waals surface area (Å²) in [5.74, 6) is 0. The van der Waals surface area contributed by atoms with Gasteiger partial charge in [-0.3, -0.25) is 0 Å². The molecule has 0 saturated carbocycles.